The van der Waals surface area contributed by atoms with Gasteiger partial charge in [0.1, 0.15) is 5.75 Å². The van der Waals surface area contributed by atoms with E-state index in [1.165, 1.54) is 0 Å². The van der Waals surface area contributed by atoms with Gasteiger partial charge in [-0.1, -0.05) is 0 Å². The molecule has 0 spiro atoms. The van der Waals surface area contributed by atoms with Crippen molar-refractivity contribution in [3.8, 4) is 5.75 Å². The van der Waals surface area contributed by atoms with Crippen LogP contribution in [0, 0.1) is 0 Å². The molecule has 0 amide bonds. The molecule has 1 aromatic carbocycles. The van der Waals surface area contributed by atoms with Crippen molar-refractivity contribution in [1.82, 2.24) is 4.57 Å². The number of benzene rings is 1. The van der Waals surface area contributed by atoms with E-state index in [1.807, 2.05) is 0 Å². The molecule has 0 saturated heterocycles. The highest BCUT2D eigenvalue weighted by molar-refractivity contribution is 5.81. The lowest BCUT2D eigenvalue weighted by molar-refractivity contribution is 0.476. The van der Waals surface area contributed by atoms with Crippen LogP contribution >= 0.6 is 0 Å². The minimum absolute atomic E-state index is 0.0244. The summed E-state index contributed by atoms with van der Waals surface area (Å²) in [6.07, 6.45) is 0.554. The third-order valence-electron chi connectivity index (χ3n) is 2.70. The first-order chi connectivity index (χ1) is 7.63. The van der Waals surface area contributed by atoms with Gasteiger partial charge in [0, 0.05) is 18.0 Å². The molecule has 0 radical (unpaired) electrons. The molecular formula is C12H14N2O2. The van der Waals surface area contributed by atoms with Crippen LogP contribution in [0.2, 0.25) is 0 Å². The lowest BCUT2D eigenvalue weighted by Gasteiger charge is -2.08. The predicted octanol–water partition coefficient (Wildman–Crippen LogP) is 0.745. The molecule has 84 valence electrons. The van der Waals surface area contributed by atoms with Gasteiger partial charge in [-0.3, -0.25) is 4.79 Å². The SMILES string of the molecule is Cn1c(=O)c(CCN)cc2cc(O)ccc21. The van der Waals surface area contributed by atoms with E-state index >= 15 is 0 Å². The van der Waals surface area contributed by atoms with E-state index in [2.05, 4.69) is 0 Å². The standard InChI is InChI=1S/C12H14N2O2/c1-14-11-3-2-10(15)7-9(11)6-8(4-5-13)12(14)16/h2-3,6-7,15H,4-5,13H2,1H3. The highest BCUT2D eigenvalue weighted by Crippen LogP contribution is 2.19. The Morgan fingerprint density at radius 2 is 2.12 bits per heavy atom. The number of fused-ring (bicyclic) bond motifs is 1. The summed E-state index contributed by atoms with van der Waals surface area (Å²) in [6, 6.07) is 6.75. The molecule has 0 saturated carbocycles. The molecule has 0 aliphatic rings. The number of aryl methyl sites for hydroxylation is 1. The number of nitrogens with zero attached hydrogens (tertiary/aromatic N) is 1. The van der Waals surface area contributed by atoms with Crippen molar-refractivity contribution >= 4 is 10.9 Å². The zero-order chi connectivity index (χ0) is 11.7. The monoisotopic (exact) mass is 218 g/mol. The third-order valence-corrected chi connectivity index (χ3v) is 2.70. The highest BCUT2D eigenvalue weighted by Gasteiger charge is 2.06. The van der Waals surface area contributed by atoms with Crippen LogP contribution in [0.1, 0.15) is 5.56 Å². The molecule has 3 N–H and O–H groups in total. The number of aromatic nitrogens is 1. The van der Waals surface area contributed by atoms with Crippen molar-refractivity contribution < 1.29 is 5.11 Å². The molecule has 0 atom stereocenters. The van der Waals surface area contributed by atoms with Gasteiger partial charge < -0.3 is 15.4 Å². The van der Waals surface area contributed by atoms with E-state index in [-0.39, 0.29) is 11.3 Å². The van der Waals surface area contributed by atoms with Crippen LogP contribution in [0.4, 0.5) is 0 Å². The summed E-state index contributed by atoms with van der Waals surface area (Å²) in [5.41, 5.74) is 6.92. The number of phenolic OH excluding ortho intramolecular Hbond substituents is 1. The summed E-state index contributed by atoms with van der Waals surface area (Å²) >= 11 is 0. The average Bonchev–Trinajstić information content (AvgIpc) is 2.25. The lowest BCUT2D eigenvalue weighted by atomic mass is 10.1. The topological polar surface area (TPSA) is 68.2 Å². The molecule has 0 aliphatic carbocycles. The molecular weight excluding hydrogens is 204 g/mol. The van der Waals surface area contributed by atoms with Gasteiger partial charge in [-0.05, 0) is 37.2 Å². The Hall–Kier alpha value is -1.81. The maximum absolute atomic E-state index is 11.9. The van der Waals surface area contributed by atoms with Gasteiger partial charge in [-0.25, -0.2) is 0 Å². The first-order valence-corrected chi connectivity index (χ1v) is 5.15. The Balaban J connectivity index is 2.78. The zero-order valence-corrected chi connectivity index (χ0v) is 9.10. The number of hydrogen-bond donors (Lipinski definition) is 2. The number of rotatable bonds is 2. The Morgan fingerprint density at radius 3 is 2.81 bits per heavy atom. The smallest absolute Gasteiger partial charge is 0.254 e. The van der Waals surface area contributed by atoms with Gasteiger partial charge in [0.05, 0.1) is 5.52 Å². The van der Waals surface area contributed by atoms with Crippen molar-refractivity contribution in [2.24, 2.45) is 12.8 Å². The van der Waals surface area contributed by atoms with Crippen molar-refractivity contribution in [3.63, 3.8) is 0 Å². The fourth-order valence-electron chi connectivity index (χ4n) is 1.87. The molecule has 0 unspecified atom stereocenters. The molecule has 2 aromatic rings. The van der Waals surface area contributed by atoms with Gasteiger partial charge in [-0.2, -0.15) is 0 Å². The quantitative estimate of drug-likeness (QED) is 0.781. The largest absolute Gasteiger partial charge is 0.508 e. The second kappa shape index (κ2) is 3.98. The van der Waals surface area contributed by atoms with Crippen molar-refractivity contribution in [1.29, 1.82) is 0 Å². The summed E-state index contributed by atoms with van der Waals surface area (Å²) in [6.45, 7) is 0.444. The second-order valence-electron chi connectivity index (χ2n) is 3.82. The van der Waals surface area contributed by atoms with E-state index in [0.29, 0.717) is 18.5 Å². The third kappa shape index (κ3) is 1.67. The molecule has 0 aliphatic heterocycles. The van der Waals surface area contributed by atoms with Crippen LogP contribution in [-0.2, 0) is 13.5 Å². The van der Waals surface area contributed by atoms with Gasteiger partial charge in [0.2, 0.25) is 0 Å². The molecule has 4 heteroatoms. The zero-order valence-electron chi connectivity index (χ0n) is 9.10. The molecule has 16 heavy (non-hydrogen) atoms. The summed E-state index contributed by atoms with van der Waals surface area (Å²) in [5, 5.41) is 10.3. The van der Waals surface area contributed by atoms with Gasteiger partial charge in [0.25, 0.3) is 5.56 Å². The van der Waals surface area contributed by atoms with Gasteiger partial charge >= 0.3 is 0 Å². The summed E-state index contributed by atoms with van der Waals surface area (Å²) < 4.78 is 1.58. The Bertz CT molecular complexity index is 587. The van der Waals surface area contributed by atoms with Crippen LogP contribution < -0.4 is 11.3 Å². The molecule has 0 fully saturated rings. The van der Waals surface area contributed by atoms with E-state index in [0.717, 1.165) is 10.9 Å². The molecule has 2 rings (SSSR count). The highest BCUT2D eigenvalue weighted by atomic mass is 16.3. The van der Waals surface area contributed by atoms with Crippen LogP contribution in [0.5, 0.6) is 5.75 Å². The summed E-state index contributed by atoms with van der Waals surface area (Å²) in [5.74, 6) is 0.199. The van der Waals surface area contributed by atoms with Crippen LogP contribution in [0.3, 0.4) is 0 Å². The molecule has 0 bridgehead atoms. The average molecular weight is 218 g/mol. The first-order valence-electron chi connectivity index (χ1n) is 5.15. The van der Waals surface area contributed by atoms with E-state index in [9.17, 15) is 9.90 Å². The van der Waals surface area contributed by atoms with Crippen molar-refractivity contribution in [2.45, 2.75) is 6.42 Å². The van der Waals surface area contributed by atoms with Crippen LogP contribution in [-0.4, -0.2) is 16.2 Å². The fraction of sp³-hybridized carbons (Fsp3) is 0.250. The normalized spacial score (nSPS) is 10.9. The van der Waals surface area contributed by atoms with E-state index in [4.69, 9.17) is 5.73 Å². The molecule has 1 aromatic heterocycles. The first kappa shape index (κ1) is 10.7. The summed E-state index contributed by atoms with van der Waals surface area (Å²) in [4.78, 5) is 11.9. The maximum Gasteiger partial charge on any atom is 0.254 e. The second-order valence-corrected chi connectivity index (χ2v) is 3.82. The van der Waals surface area contributed by atoms with Crippen LogP contribution in [0.15, 0.2) is 29.1 Å². The van der Waals surface area contributed by atoms with Crippen molar-refractivity contribution in [3.05, 3.63) is 40.2 Å². The number of aromatic hydroxyl groups is 1. The predicted molar refractivity (Wildman–Crippen MR) is 63.6 cm³/mol. The number of pyridine rings is 1. The number of phenols is 1. The number of hydrogen-bond acceptors (Lipinski definition) is 3. The van der Waals surface area contributed by atoms with Crippen molar-refractivity contribution in [2.75, 3.05) is 6.54 Å². The Morgan fingerprint density at radius 1 is 1.38 bits per heavy atom. The Kier molecular flexibility index (Phi) is 2.66. The molecule has 4 nitrogen and oxygen atoms in total. The lowest BCUT2D eigenvalue weighted by Crippen LogP contribution is -2.23. The number of nitrogens with two attached hydrogens (primary N) is 1. The van der Waals surface area contributed by atoms with Crippen LogP contribution in [0.25, 0.3) is 10.9 Å². The van der Waals surface area contributed by atoms with Gasteiger partial charge in [0.15, 0.2) is 0 Å². The van der Waals surface area contributed by atoms with E-state index in [1.54, 1.807) is 35.9 Å². The Labute approximate surface area is 92.9 Å². The summed E-state index contributed by atoms with van der Waals surface area (Å²) in [7, 11) is 1.72. The van der Waals surface area contributed by atoms with E-state index < -0.39 is 0 Å². The minimum atomic E-state index is -0.0244. The minimum Gasteiger partial charge on any atom is -0.508 e. The van der Waals surface area contributed by atoms with Gasteiger partial charge in [-0.15, -0.1) is 0 Å². The molecule has 1 heterocycles. The fourth-order valence-corrected chi connectivity index (χ4v) is 1.87. The maximum atomic E-state index is 11.9.